The molecule has 7 nitrogen and oxygen atoms in total. The molecule has 0 bridgehead atoms. The summed E-state index contributed by atoms with van der Waals surface area (Å²) in [5.41, 5.74) is 0.801. The number of amides is 2. The van der Waals surface area contributed by atoms with Crippen molar-refractivity contribution in [2.45, 2.75) is 4.90 Å². The fraction of sp³-hybridized carbons (Fsp3) is 0.0714. The van der Waals surface area contributed by atoms with Crippen LogP contribution in [0, 0.1) is 0 Å². The van der Waals surface area contributed by atoms with E-state index in [1.165, 1.54) is 31.4 Å². The Hall–Kier alpha value is -2.29. The number of nitrogens with two attached hydrogens (primary N) is 1. The molecule has 0 spiro atoms. The van der Waals surface area contributed by atoms with Crippen molar-refractivity contribution in [1.82, 2.24) is 0 Å². The Bertz CT molecular complexity index is 822. The minimum absolute atomic E-state index is 0.0417. The maximum atomic E-state index is 12.0. The van der Waals surface area contributed by atoms with Crippen LogP contribution in [0.4, 0.5) is 16.2 Å². The SMILES string of the molecule is COc1ccc(Cl)cc1NC(=O)Nc1ccc(S(N)(=O)=O)cc1. The van der Waals surface area contributed by atoms with Gasteiger partial charge in [0.25, 0.3) is 0 Å². The van der Waals surface area contributed by atoms with Crippen molar-refractivity contribution in [3.05, 3.63) is 47.5 Å². The molecule has 0 radical (unpaired) electrons. The van der Waals surface area contributed by atoms with Crippen LogP contribution in [0.25, 0.3) is 0 Å². The van der Waals surface area contributed by atoms with Crippen molar-refractivity contribution in [2.75, 3.05) is 17.7 Å². The summed E-state index contributed by atoms with van der Waals surface area (Å²) in [6, 6.07) is 9.71. The molecule has 2 amide bonds. The summed E-state index contributed by atoms with van der Waals surface area (Å²) in [5, 5.41) is 10.6. The zero-order chi connectivity index (χ0) is 17.0. The Kier molecular flexibility index (Phi) is 5.09. The van der Waals surface area contributed by atoms with E-state index < -0.39 is 16.1 Å². The number of hydrogen-bond acceptors (Lipinski definition) is 4. The summed E-state index contributed by atoms with van der Waals surface area (Å²) in [6.45, 7) is 0. The highest BCUT2D eigenvalue weighted by molar-refractivity contribution is 7.89. The van der Waals surface area contributed by atoms with Gasteiger partial charge >= 0.3 is 6.03 Å². The van der Waals surface area contributed by atoms with Crippen molar-refractivity contribution < 1.29 is 17.9 Å². The second-order valence-electron chi connectivity index (χ2n) is 4.49. The minimum atomic E-state index is -3.77. The van der Waals surface area contributed by atoms with Crippen molar-refractivity contribution in [3.8, 4) is 5.75 Å². The average molecular weight is 356 g/mol. The lowest BCUT2D eigenvalue weighted by Crippen LogP contribution is -2.20. The number of carbonyl (C=O) groups is 1. The molecular weight excluding hydrogens is 342 g/mol. The first kappa shape index (κ1) is 17.1. The molecule has 0 aromatic heterocycles. The van der Waals surface area contributed by atoms with Crippen molar-refractivity contribution in [1.29, 1.82) is 0 Å². The molecule has 122 valence electrons. The number of urea groups is 1. The molecule has 2 aromatic rings. The Labute approximate surface area is 138 Å². The standard InChI is InChI=1S/C14H14ClN3O4S/c1-22-13-7-2-9(15)8-12(13)18-14(19)17-10-3-5-11(6-4-10)23(16,20)21/h2-8H,1H3,(H2,16,20,21)(H2,17,18,19). The van der Waals surface area contributed by atoms with Gasteiger partial charge in [-0.25, -0.2) is 18.4 Å². The minimum Gasteiger partial charge on any atom is -0.495 e. The molecule has 0 saturated carbocycles. The second-order valence-corrected chi connectivity index (χ2v) is 6.49. The average Bonchev–Trinajstić information content (AvgIpc) is 2.47. The molecule has 0 aliphatic heterocycles. The van der Waals surface area contributed by atoms with Gasteiger partial charge < -0.3 is 15.4 Å². The van der Waals surface area contributed by atoms with Gasteiger partial charge in [0.05, 0.1) is 17.7 Å². The summed E-state index contributed by atoms with van der Waals surface area (Å²) >= 11 is 5.88. The third-order valence-corrected chi connectivity index (χ3v) is 4.01. The normalized spacial score (nSPS) is 10.9. The molecule has 0 aliphatic rings. The number of halogens is 1. The van der Waals surface area contributed by atoms with Gasteiger partial charge in [-0.2, -0.15) is 0 Å². The van der Waals surface area contributed by atoms with Crippen LogP contribution in [0.1, 0.15) is 0 Å². The van der Waals surface area contributed by atoms with Gasteiger partial charge in [-0.1, -0.05) is 11.6 Å². The fourth-order valence-electron chi connectivity index (χ4n) is 1.79. The molecule has 2 rings (SSSR count). The molecule has 0 atom stereocenters. The monoisotopic (exact) mass is 355 g/mol. The number of methoxy groups -OCH3 is 1. The largest absolute Gasteiger partial charge is 0.495 e. The van der Waals surface area contributed by atoms with Crippen LogP contribution in [0.2, 0.25) is 5.02 Å². The van der Waals surface area contributed by atoms with Crippen molar-refractivity contribution in [2.24, 2.45) is 5.14 Å². The molecule has 4 N–H and O–H groups in total. The van der Waals surface area contributed by atoms with Crippen LogP contribution in [0.3, 0.4) is 0 Å². The lowest BCUT2D eigenvalue weighted by Gasteiger charge is -2.11. The Morgan fingerprint density at radius 2 is 1.78 bits per heavy atom. The van der Waals surface area contributed by atoms with Gasteiger partial charge in [0, 0.05) is 10.7 Å². The Balaban J connectivity index is 2.10. The number of benzene rings is 2. The van der Waals surface area contributed by atoms with E-state index in [1.807, 2.05) is 0 Å². The van der Waals surface area contributed by atoms with E-state index >= 15 is 0 Å². The van der Waals surface area contributed by atoms with Crippen LogP contribution in [-0.2, 0) is 10.0 Å². The first-order valence-corrected chi connectivity index (χ1v) is 8.26. The lowest BCUT2D eigenvalue weighted by molar-refractivity contribution is 0.262. The number of primary sulfonamides is 1. The Morgan fingerprint density at radius 1 is 1.13 bits per heavy atom. The number of ether oxygens (including phenoxy) is 1. The summed E-state index contributed by atoms with van der Waals surface area (Å²) in [6.07, 6.45) is 0. The van der Waals surface area contributed by atoms with Crippen LogP contribution < -0.4 is 20.5 Å². The summed E-state index contributed by atoms with van der Waals surface area (Å²) < 4.78 is 27.4. The number of nitrogens with one attached hydrogen (secondary N) is 2. The van der Waals surface area contributed by atoms with Crippen LogP contribution in [0.15, 0.2) is 47.4 Å². The van der Waals surface area contributed by atoms with E-state index in [1.54, 1.807) is 18.2 Å². The maximum absolute atomic E-state index is 12.0. The number of carbonyl (C=O) groups excluding carboxylic acids is 1. The predicted octanol–water partition coefficient (Wildman–Crippen LogP) is 2.64. The van der Waals surface area contributed by atoms with Gasteiger partial charge in [-0.05, 0) is 42.5 Å². The van der Waals surface area contributed by atoms with E-state index in [0.29, 0.717) is 22.1 Å². The summed E-state index contributed by atoms with van der Waals surface area (Å²) in [7, 11) is -2.30. The van der Waals surface area contributed by atoms with E-state index in [0.717, 1.165) is 0 Å². The van der Waals surface area contributed by atoms with Gasteiger partial charge in [-0.15, -0.1) is 0 Å². The highest BCUT2D eigenvalue weighted by Gasteiger charge is 2.10. The molecular formula is C14H14ClN3O4S. The third kappa shape index (κ3) is 4.59. The predicted molar refractivity (Wildman–Crippen MR) is 88.5 cm³/mol. The van der Waals surface area contributed by atoms with Gasteiger partial charge in [0.2, 0.25) is 10.0 Å². The number of hydrogen-bond donors (Lipinski definition) is 3. The zero-order valence-corrected chi connectivity index (χ0v) is 13.6. The number of sulfonamides is 1. The van der Waals surface area contributed by atoms with Crippen molar-refractivity contribution >= 4 is 39.0 Å². The van der Waals surface area contributed by atoms with Crippen LogP contribution in [-0.4, -0.2) is 21.6 Å². The third-order valence-electron chi connectivity index (χ3n) is 2.85. The maximum Gasteiger partial charge on any atom is 0.323 e. The molecule has 9 heteroatoms. The fourth-order valence-corrected chi connectivity index (χ4v) is 2.48. The van der Waals surface area contributed by atoms with Crippen molar-refractivity contribution in [3.63, 3.8) is 0 Å². The lowest BCUT2D eigenvalue weighted by atomic mass is 10.3. The summed E-state index contributed by atoms with van der Waals surface area (Å²) in [4.78, 5) is 11.9. The molecule has 0 unspecified atom stereocenters. The topological polar surface area (TPSA) is 111 Å². The smallest absolute Gasteiger partial charge is 0.323 e. The Morgan fingerprint density at radius 3 is 2.35 bits per heavy atom. The zero-order valence-electron chi connectivity index (χ0n) is 12.0. The molecule has 2 aromatic carbocycles. The molecule has 0 heterocycles. The van der Waals surface area contributed by atoms with E-state index in [-0.39, 0.29) is 4.90 Å². The molecule has 0 saturated heterocycles. The highest BCUT2D eigenvalue weighted by Crippen LogP contribution is 2.27. The highest BCUT2D eigenvalue weighted by atomic mass is 35.5. The summed E-state index contributed by atoms with van der Waals surface area (Å²) in [5.74, 6) is 0.453. The van der Waals surface area contributed by atoms with E-state index in [9.17, 15) is 13.2 Å². The van der Waals surface area contributed by atoms with Gasteiger partial charge in [0.1, 0.15) is 5.75 Å². The molecule has 0 fully saturated rings. The first-order chi connectivity index (χ1) is 10.8. The molecule has 23 heavy (non-hydrogen) atoms. The van der Waals surface area contributed by atoms with Gasteiger partial charge in [-0.3, -0.25) is 0 Å². The van der Waals surface area contributed by atoms with E-state index in [4.69, 9.17) is 21.5 Å². The number of rotatable bonds is 4. The van der Waals surface area contributed by atoms with E-state index in [2.05, 4.69) is 10.6 Å². The quantitative estimate of drug-likeness (QED) is 0.782. The molecule has 0 aliphatic carbocycles. The second kappa shape index (κ2) is 6.86. The van der Waals surface area contributed by atoms with Crippen LogP contribution in [0.5, 0.6) is 5.75 Å². The first-order valence-electron chi connectivity index (χ1n) is 6.34. The number of anilines is 2. The van der Waals surface area contributed by atoms with Gasteiger partial charge in [0.15, 0.2) is 0 Å². The van der Waals surface area contributed by atoms with Crippen LogP contribution >= 0.6 is 11.6 Å².